The Morgan fingerprint density at radius 1 is 1.17 bits per heavy atom. The molecule has 24 heavy (non-hydrogen) atoms. The minimum absolute atomic E-state index is 0.555. The van der Waals surface area contributed by atoms with E-state index in [1.807, 2.05) is 36.4 Å². The highest BCUT2D eigenvalue weighted by atomic mass is 32.1. The first kappa shape index (κ1) is 16.3. The van der Waals surface area contributed by atoms with Gasteiger partial charge in [-0.3, -0.25) is 4.99 Å². The van der Waals surface area contributed by atoms with E-state index in [0.29, 0.717) is 6.54 Å². The Labute approximate surface area is 145 Å². The summed E-state index contributed by atoms with van der Waals surface area (Å²) in [6.07, 6.45) is 0. The molecule has 0 atom stereocenters. The van der Waals surface area contributed by atoms with Gasteiger partial charge in [-0.15, -0.1) is 11.3 Å². The number of rotatable bonds is 5. The maximum Gasteiger partial charge on any atom is 0.191 e. The van der Waals surface area contributed by atoms with Crippen molar-refractivity contribution in [1.82, 2.24) is 15.8 Å². The largest absolute Gasteiger partial charge is 0.356 e. The number of hydrogen-bond donors (Lipinski definition) is 2. The summed E-state index contributed by atoms with van der Waals surface area (Å²) in [6.45, 7) is 3.43. The summed E-state index contributed by atoms with van der Waals surface area (Å²) < 4.78 is 5.40. The van der Waals surface area contributed by atoms with Gasteiger partial charge in [0, 0.05) is 23.6 Å². The molecule has 5 nitrogen and oxygen atoms in total. The van der Waals surface area contributed by atoms with E-state index in [-0.39, 0.29) is 0 Å². The van der Waals surface area contributed by atoms with Crippen molar-refractivity contribution in [3.05, 3.63) is 64.0 Å². The Bertz CT molecular complexity index is 807. The number of aliphatic imine (C=N–C) groups is 1. The van der Waals surface area contributed by atoms with Crippen molar-refractivity contribution in [3.63, 3.8) is 0 Å². The van der Waals surface area contributed by atoms with Gasteiger partial charge in [0.1, 0.15) is 5.69 Å². The molecule has 0 saturated heterocycles. The molecule has 0 aliphatic carbocycles. The molecule has 3 rings (SSSR count). The molecule has 2 N–H and O–H groups in total. The third kappa shape index (κ3) is 4.02. The number of benzene rings is 1. The van der Waals surface area contributed by atoms with Gasteiger partial charge >= 0.3 is 0 Å². The van der Waals surface area contributed by atoms with Crippen LogP contribution >= 0.6 is 11.3 Å². The summed E-state index contributed by atoms with van der Waals surface area (Å²) in [5, 5.41) is 12.8. The molecule has 0 amide bonds. The second-order valence-corrected chi connectivity index (χ2v) is 6.36. The lowest BCUT2D eigenvalue weighted by atomic mass is 10.2. The van der Waals surface area contributed by atoms with Crippen LogP contribution in [-0.2, 0) is 13.1 Å². The van der Waals surface area contributed by atoms with E-state index in [0.717, 1.165) is 29.5 Å². The Kier molecular flexibility index (Phi) is 5.28. The average Bonchev–Trinajstić information content (AvgIpc) is 3.25. The van der Waals surface area contributed by atoms with Crippen LogP contribution in [-0.4, -0.2) is 18.2 Å². The lowest BCUT2D eigenvalue weighted by Gasteiger charge is -2.10. The number of nitrogens with zero attached hydrogens (tertiary/aromatic N) is 2. The van der Waals surface area contributed by atoms with Crippen LogP contribution in [0, 0.1) is 6.92 Å². The topological polar surface area (TPSA) is 62.5 Å². The highest BCUT2D eigenvalue weighted by Gasteiger charge is 2.07. The first-order valence-corrected chi connectivity index (χ1v) is 8.62. The minimum Gasteiger partial charge on any atom is -0.356 e. The van der Waals surface area contributed by atoms with E-state index in [4.69, 9.17) is 4.52 Å². The van der Waals surface area contributed by atoms with E-state index in [9.17, 15) is 0 Å². The van der Waals surface area contributed by atoms with Crippen molar-refractivity contribution in [1.29, 1.82) is 0 Å². The number of aromatic nitrogens is 1. The first-order chi connectivity index (χ1) is 11.8. The van der Waals surface area contributed by atoms with E-state index in [2.05, 4.69) is 39.2 Å². The molecular weight excluding hydrogens is 320 g/mol. The Morgan fingerprint density at radius 2 is 1.96 bits per heavy atom. The zero-order chi connectivity index (χ0) is 16.8. The van der Waals surface area contributed by atoms with Gasteiger partial charge in [-0.2, -0.15) is 0 Å². The monoisotopic (exact) mass is 340 g/mol. The minimum atomic E-state index is 0.555. The molecule has 0 aliphatic rings. The van der Waals surface area contributed by atoms with Crippen LogP contribution in [0.3, 0.4) is 0 Å². The fourth-order valence-electron chi connectivity index (χ4n) is 2.28. The zero-order valence-electron chi connectivity index (χ0n) is 13.7. The molecule has 0 spiro atoms. The second-order valence-electron chi connectivity index (χ2n) is 5.35. The van der Waals surface area contributed by atoms with Crippen LogP contribution in [0.25, 0.3) is 11.3 Å². The predicted octanol–water partition coefficient (Wildman–Crippen LogP) is 3.58. The van der Waals surface area contributed by atoms with Crippen molar-refractivity contribution in [3.8, 4) is 11.3 Å². The molecule has 0 aliphatic heterocycles. The molecule has 0 fully saturated rings. The molecule has 0 bridgehead atoms. The smallest absolute Gasteiger partial charge is 0.191 e. The Morgan fingerprint density at radius 3 is 2.67 bits per heavy atom. The summed E-state index contributed by atoms with van der Waals surface area (Å²) in [5.41, 5.74) is 3.16. The maximum atomic E-state index is 5.40. The fourth-order valence-corrected chi connectivity index (χ4v) is 3.12. The molecule has 2 heterocycles. The molecule has 0 radical (unpaired) electrons. The molecule has 2 aromatic heterocycles. The average molecular weight is 340 g/mol. The number of thiophene rings is 1. The van der Waals surface area contributed by atoms with Crippen LogP contribution in [0.5, 0.6) is 0 Å². The van der Waals surface area contributed by atoms with Gasteiger partial charge in [0.15, 0.2) is 11.7 Å². The van der Waals surface area contributed by atoms with Gasteiger partial charge in [-0.25, -0.2) is 0 Å². The van der Waals surface area contributed by atoms with E-state index in [1.54, 1.807) is 18.4 Å². The summed E-state index contributed by atoms with van der Waals surface area (Å²) in [4.78, 5) is 5.55. The fraction of sp³-hybridized carbons (Fsp3) is 0.222. The van der Waals surface area contributed by atoms with E-state index < -0.39 is 0 Å². The molecule has 1 aromatic carbocycles. The van der Waals surface area contributed by atoms with Gasteiger partial charge in [-0.1, -0.05) is 35.5 Å². The van der Waals surface area contributed by atoms with Gasteiger partial charge < -0.3 is 15.2 Å². The van der Waals surface area contributed by atoms with Crippen molar-refractivity contribution in [2.45, 2.75) is 20.0 Å². The van der Waals surface area contributed by atoms with Gasteiger partial charge in [-0.05, 0) is 23.9 Å². The number of guanidine groups is 1. The summed E-state index contributed by atoms with van der Waals surface area (Å²) in [5.74, 6) is 1.51. The zero-order valence-corrected chi connectivity index (χ0v) is 14.6. The summed E-state index contributed by atoms with van der Waals surface area (Å²) >= 11 is 1.74. The number of nitrogens with one attached hydrogen (secondary N) is 2. The molecule has 6 heteroatoms. The number of hydrogen-bond acceptors (Lipinski definition) is 4. The highest BCUT2D eigenvalue weighted by Crippen LogP contribution is 2.19. The summed E-state index contributed by atoms with van der Waals surface area (Å²) in [6, 6.07) is 14.0. The molecule has 0 unspecified atom stereocenters. The van der Waals surface area contributed by atoms with Crippen molar-refractivity contribution in [2.24, 2.45) is 4.99 Å². The second kappa shape index (κ2) is 7.79. The Hall–Kier alpha value is -2.60. The van der Waals surface area contributed by atoms with Gasteiger partial charge in [0.2, 0.25) is 0 Å². The molecule has 3 aromatic rings. The van der Waals surface area contributed by atoms with Crippen LogP contribution in [0.4, 0.5) is 0 Å². The number of aryl methyl sites for hydroxylation is 1. The third-order valence-electron chi connectivity index (χ3n) is 3.66. The molecular formula is C18H20N4OS. The molecule has 124 valence electrons. The third-order valence-corrected chi connectivity index (χ3v) is 4.69. The lowest BCUT2D eigenvalue weighted by molar-refractivity contribution is 0.422. The maximum absolute atomic E-state index is 5.40. The standard InChI is InChI=1S/C18H20N4OS/c1-13-8-9-24-17(13)12-21-18(19-2)20-11-15-10-16(23-22-15)14-6-4-3-5-7-14/h3-10H,11-12H2,1-2H3,(H2,19,20,21). The van der Waals surface area contributed by atoms with Crippen molar-refractivity contribution < 1.29 is 4.52 Å². The quantitative estimate of drug-likeness (QED) is 0.550. The van der Waals surface area contributed by atoms with Gasteiger partial charge in [0.25, 0.3) is 0 Å². The molecule has 0 saturated carbocycles. The summed E-state index contributed by atoms with van der Waals surface area (Å²) in [7, 11) is 1.76. The van der Waals surface area contributed by atoms with Crippen LogP contribution < -0.4 is 10.6 Å². The van der Waals surface area contributed by atoms with Gasteiger partial charge in [0.05, 0.1) is 13.1 Å². The van der Waals surface area contributed by atoms with Crippen LogP contribution in [0.1, 0.15) is 16.1 Å². The highest BCUT2D eigenvalue weighted by molar-refractivity contribution is 7.10. The normalized spacial score (nSPS) is 11.5. The predicted molar refractivity (Wildman–Crippen MR) is 98.0 cm³/mol. The van der Waals surface area contributed by atoms with Crippen LogP contribution in [0.15, 0.2) is 57.4 Å². The SMILES string of the molecule is CN=C(NCc1cc(-c2ccccc2)on1)NCc1sccc1C. The Balaban J connectivity index is 1.54. The van der Waals surface area contributed by atoms with Crippen molar-refractivity contribution in [2.75, 3.05) is 7.05 Å². The first-order valence-electron chi connectivity index (χ1n) is 7.75. The van der Waals surface area contributed by atoms with Crippen LogP contribution in [0.2, 0.25) is 0 Å². The van der Waals surface area contributed by atoms with E-state index >= 15 is 0 Å². The lowest BCUT2D eigenvalue weighted by Crippen LogP contribution is -2.36. The van der Waals surface area contributed by atoms with E-state index in [1.165, 1.54) is 10.4 Å². The van der Waals surface area contributed by atoms with Crippen molar-refractivity contribution >= 4 is 17.3 Å².